The minimum atomic E-state index is -0.958. The number of aldehydes is 1. The fourth-order valence-electron chi connectivity index (χ4n) is 5.81. The van der Waals surface area contributed by atoms with Crippen LogP contribution >= 0.6 is 0 Å². The summed E-state index contributed by atoms with van der Waals surface area (Å²) in [5, 5.41) is 12.3. The number of aromatic nitrogens is 3. The van der Waals surface area contributed by atoms with E-state index in [9.17, 15) is 9.90 Å². The Morgan fingerprint density at radius 2 is 1.95 bits per heavy atom. The third kappa shape index (κ3) is 5.59. The molecule has 2 aromatic carbocycles. The molecule has 1 saturated heterocycles. The number of pyridine rings is 1. The molecule has 226 valence electrons. The number of nitrogens with zero attached hydrogens (tertiary/aromatic N) is 4. The van der Waals surface area contributed by atoms with E-state index in [1.807, 2.05) is 11.8 Å². The largest absolute Gasteiger partial charge is 0.468 e. The third-order valence-corrected chi connectivity index (χ3v) is 8.34. The highest BCUT2D eigenvalue weighted by Crippen LogP contribution is 2.44. The molecular weight excluding hydrogens is 558 g/mol. The number of anilines is 1. The van der Waals surface area contributed by atoms with Gasteiger partial charge in [0.1, 0.15) is 41.5 Å². The number of carbonyl (C=O) groups is 1. The summed E-state index contributed by atoms with van der Waals surface area (Å²) in [6.07, 6.45) is 5.51. The standard InChI is InChI=1S/C32H34F2N4O5/c1-4-21-24(33)7-6-19-12-20(43-18-41-3)13-22(25(19)21)27-26(34)28-23(14-35-27)29(38-11-5-8-31(2,40)15-38)37-30(36-28)42-17-32(16-39)9-10-32/h6-7,12-14,16,40H,4-5,8-11,15,17-18H2,1-3H3/t31-/m1/s1. The van der Waals surface area contributed by atoms with E-state index in [1.165, 1.54) is 19.4 Å². The highest BCUT2D eigenvalue weighted by molar-refractivity contribution is 6.01. The predicted molar refractivity (Wildman–Crippen MR) is 157 cm³/mol. The Morgan fingerprint density at radius 3 is 2.65 bits per heavy atom. The van der Waals surface area contributed by atoms with Crippen LogP contribution in [0, 0.1) is 17.0 Å². The number of hydrogen-bond acceptors (Lipinski definition) is 9. The van der Waals surface area contributed by atoms with Crippen LogP contribution in [0.25, 0.3) is 32.9 Å². The van der Waals surface area contributed by atoms with Crippen molar-refractivity contribution in [2.75, 3.05) is 38.5 Å². The normalized spacial score (nSPS) is 19.5. The van der Waals surface area contributed by atoms with Gasteiger partial charge in [0.2, 0.25) is 0 Å². The molecule has 11 heteroatoms. The van der Waals surface area contributed by atoms with Crippen LogP contribution in [-0.4, -0.2) is 65.5 Å². The quantitative estimate of drug-likeness (QED) is 0.192. The Bertz CT molecular complexity index is 1710. The Morgan fingerprint density at radius 1 is 1.14 bits per heavy atom. The molecule has 1 aliphatic heterocycles. The first-order chi connectivity index (χ1) is 20.7. The first-order valence-corrected chi connectivity index (χ1v) is 14.5. The molecule has 3 heterocycles. The molecule has 1 saturated carbocycles. The number of aryl methyl sites for hydroxylation is 1. The number of rotatable bonds is 10. The van der Waals surface area contributed by atoms with E-state index >= 15 is 8.78 Å². The zero-order valence-corrected chi connectivity index (χ0v) is 24.5. The van der Waals surface area contributed by atoms with Gasteiger partial charge in [-0.05, 0) is 73.6 Å². The lowest BCUT2D eigenvalue weighted by molar-refractivity contribution is -0.113. The van der Waals surface area contributed by atoms with E-state index in [1.54, 1.807) is 25.1 Å². The average Bonchev–Trinajstić information content (AvgIpc) is 3.79. The van der Waals surface area contributed by atoms with Gasteiger partial charge in [-0.25, -0.2) is 8.78 Å². The number of halogens is 2. The van der Waals surface area contributed by atoms with Crippen molar-refractivity contribution >= 4 is 33.8 Å². The average molecular weight is 593 g/mol. The van der Waals surface area contributed by atoms with Crippen molar-refractivity contribution in [2.24, 2.45) is 5.41 Å². The minimum absolute atomic E-state index is 0.0282. The van der Waals surface area contributed by atoms with E-state index in [0.29, 0.717) is 77.5 Å². The third-order valence-electron chi connectivity index (χ3n) is 8.34. The first kappa shape index (κ1) is 29.1. The van der Waals surface area contributed by atoms with Crippen LogP contribution in [0.5, 0.6) is 11.8 Å². The Balaban J connectivity index is 1.55. The number of piperidine rings is 1. The molecule has 4 aromatic rings. The van der Waals surface area contributed by atoms with Crippen LogP contribution < -0.4 is 14.4 Å². The van der Waals surface area contributed by atoms with Crippen LogP contribution in [0.15, 0.2) is 30.5 Å². The zero-order chi connectivity index (χ0) is 30.4. The van der Waals surface area contributed by atoms with Gasteiger partial charge in [0, 0.05) is 32.0 Å². The van der Waals surface area contributed by atoms with E-state index < -0.39 is 22.7 Å². The van der Waals surface area contributed by atoms with Gasteiger partial charge in [-0.2, -0.15) is 9.97 Å². The maximum Gasteiger partial charge on any atom is 0.319 e. The molecule has 6 rings (SSSR count). The molecule has 1 N–H and O–H groups in total. The van der Waals surface area contributed by atoms with E-state index in [-0.39, 0.29) is 37.2 Å². The second-order valence-electron chi connectivity index (χ2n) is 11.8. The van der Waals surface area contributed by atoms with Crippen molar-refractivity contribution < 1.29 is 32.9 Å². The number of carbonyl (C=O) groups excluding carboxylic acids is 1. The number of fused-ring (bicyclic) bond motifs is 2. The van der Waals surface area contributed by atoms with Gasteiger partial charge in [-0.3, -0.25) is 4.98 Å². The molecule has 0 amide bonds. The molecule has 2 aromatic heterocycles. The molecule has 1 aliphatic carbocycles. The van der Waals surface area contributed by atoms with Crippen LogP contribution in [0.3, 0.4) is 0 Å². The number of aliphatic hydroxyl groups is 1. The highest BCUT2D eigenvalue weighted by atomic mass is 19.1. The first-order valence-electron chi connectivity index (χ1n) is 14.5. The maximum absolute atomic E-state index is 16.7. The molecule has 2 aliphatic rings. The summed E-state index contributed by atoms with van der Waals surface area (Å²) in [5.41, 5.74) is -0.817. The molecule has 1 atom stereocenters. The summed E-state index contributed by atoms with van der Waals surface area (Å²) in [4.78, 5) is 27.1. The molecule has 2 fully saturated rings. The molecule has 0 bridgehead atoms. The minimum Gasteiger partial charge on any atom is -0.468 e. The van der Waals surface area contributed by atoms with Crippen molar-refractivity contribution in [2.45, 2.75) is 51.6 Å². The maximum atomic E-state index is 16.7. The lowest BCUT2D eigenvalue weighted by Crippen LogP contribution is -2.46. The summed E-state index contributed by atoms with van der Waals surface area (Å²) < 4.78 is 48.4. The second kappa shape index (κ2) is 11.3. The van der Waals surface area contributed by atoms with Crippen molar-refractivity contribution in [1.29, 1.82) is 0 Å². The van der Waals surface area contributed by atoms with E-state index in [4.69, 9.17) is 14.2 Å². The number of ether oxygens (including phenoxy) is 3. The fraction of sp³-hybridized carbons (Fsp3) is 0.438. The van der Waals surface area contributed by atoms with Gasteiger partial charge in [0.05, 0.1) is 16.4 Å². The highest BCUT2D eigenvalue weighted by Gasteiger charge is 2.44. The number of hydrogen-bond donors (Lipinski definition) is 1. The van der Waals surface area contributed by atoms with Gasteiger partial charge in [0.15, 0.2) is 12.6 Å². The van der Waals surface area contributed by atoms with Crippen LogP contribution in [0.1, 0.15) is 45.1 Å². The molecule has 43 heavy (non-hydrogen) atoms. The monoisotopic (exact) mass is 592 g/mol. The van der Waals surface area contributed by atoms with Gasteiger partial charge in [0.25, 0.3) is 0 Å². The number of benzene rings is 2. The zero-order valence-electron chi connectivity index (χ0n) is 24.5. The summed E-state index contributed by atoms with van der Waals surface area (Å²) in [6, 6.07) is 6.32. The molecule has 0 unspecified atom stereocenters. The van der Waals surface area contributed by atoms with Crippen molar-refractivity contribution in [3.8, 4) is 23.0 Å². The number of β-amino-alcohol motifs (C(OH)–C–C–N with tert-alkyl or cyclic N) is 1. The molecule has 9 nitrogen and oxygen atoms in total. The summed E-state index contributed by atoms with van der Waals surface area (Å²) >= 11 is 0. The second-order valence-corrected chi connectivity index (χ2v) is 11.8. The van der Waals surface area contributed by atoms with Crippen molar-refractivity contribution in [1.82, 2.24) is 15.0 Å². The van der Waals surface area contributed by atoms with Crippen LogP contribution in [-0.2, 0) is 16.0 Å². The predicted octanol–water partition coefficient (Wildman–Crippen LogP) is 5.38. The molecule has 0 radical (unpaired) electrons. The smallest absolute Gasteiger partial charge is 0.319 e. The Kier molecular flexibility index (Phi) is 7.64. The number of methoxy groups -OCH3 is 1. The lowest BCUT2D eigenvalue weighted by atomic mass is 9.94. The summed E-state index contributed by atoms with van der Waals surface area (Å²) in [7, 11) is 1.50. The van der Waals surface area contributed by atoms with Gasteiger partial charge in [-0.1, -0.05) is 13.0 Å². The lowest BCUT2D eigenvalue weighted by Gasteiger charge is -2.37. The Labute approximate surface area is 247 Å². The SMILES string of the molecule is CCc1c(F)ccc2cc(OCOC)cc(-c3ncc4c(N5CCC[C@@](C)(O)C5)nc(OCC5(C=O)CC5)nc4c3F)c12. The summed E-state index contributed by atoms with van der Waals surface area (Å²) in [5.74, 6) is -0.338. The fourth-order valence-corrected chi connectivity index (χ4v) is 5.81. The van der Waals surface area contributed by atoms with E-state index in [2.05, 4.69) is 15.0 Å². The van der Waals surface area contributed by atoms with Gasteiger partial charge in [-0.15, -0.1) is 0 Å². The molecule has 0 spiro atoms. The van der Waals surface area contributed by atoms with Crippen molar-refractivity contribution in [3.05, 3.63) is 47.7 Å². The van der Waals surface area contributed by atoms with Gasteiger partial charge < -0.3 is 29.0 Å². The van der Waals surface area contributed by atoms with Crippen LogP contribution in [0.4, 0.5) is 14.6 Å². The van der Waals surface area contributed by atoms with Crippen LogP contribution in [0.2, 0.25) is 0 Å². The summed E-state index contributed by atoms with van der Waals surface area (Å²) in [6.45, 7) is 4.52. The Hall–Kier alpha value is -3.96. The van der Waals surface area contributed by atoms with E-state index in [0.717, 1.165) is 6.29 Å². The topological polar surface area (TPSA) is 107 Å². The molecular formula is C32H34F2N4O5. The van der Waals surface area contributed by atoms with Gasteiger partial charge >= 0.3 is 6.01 Å². The van der Waals surface area contributed by atoms with Crippen molar-refractivity contribution in [3.63, 3.8) is 0 Å².